The van der Waals surface area contributed by atoms with Crippen molar-refractivity contribution in [3.8, 4) is 5.75 Å². The number of halogens is 4. The van der Waals surface area contributed by atoms with Crippen LogP contribution in [-0.4, -0.2) is 19.7 Å². The zero-order chi connectivity index (χ0) is 13.7. The minimum Gasteiger partial charge on any atom is -0.469 e. The maximum atomic E-state index is 13.3. The number of esters is 1. The van der Waals surface area contributed by atoms with Crippen molar-refractivity contribution in [2.45, 2.75) is 18.4 Å². The van der Waals surface area contributed by atoms with Crippen molar-refractivity contribution in [2.24, 2.45) is 0 Å². The molecule has 0 aliphatic heterocycles. The molecule has 100 valence electrons. The molecular formula is C11H10BrF3O3. The minimum absolute atomic E-state index is 0.154. The van der Waals surface area contributed by atoms with Gasteiger partial charge in [-0.15, -0.1) is 0 Å². The van der Waals surface area contributed by atoms with Gasteiger partial charge in [-0.1, -0.05) is 15.9 Å². The van der Waals surface area contributed by atoms with Crippen molar-refractivity contribution in [1.82, 2.24) is 0 Å². The Morgan fingerprint density at radius 3 is 2.61 bits per heavy atom. The van der Waals surface area contributed by atoms with Gasteiger partial charge in [-0.05, 0) is 11.6 Å². The van der Waals surface area contributed by atoms with Crippen LogP contribution in [0.4, 0.5) is 13.2 Å². The first-order valence-corrected chi connectivity index (χ1v) is 5.99. The standard InChI is InChI=1S/C11H10BrF3O3/c1-17-10(16)3-6-2-7(13)4-9(8(6)5-12)18-11(14)15/h2,4,11H,3,5H2,1H3. The van der Waals surface area contributed by atoms with Crippen LogP contribution in [0, 0.1) is 5.82 Å². The average molecular weight is 327 g/mol. The summed E-state index contributed by atoms with van der Waals surface area (Å²) in [6, 6.07) is 1.94. The van der Waals surface area contributed by atoms with Crippen LogP contribution in [0.1, 0.15) is 11.1 Å². The van der Waals surface area contributed by atoms with Crippen molar-refractivity contribution >= 4 is 21.9 Å². The number of carbonyl (C=O) groups is 1. The fourth-order valence-corrected chi connectivity index (χ4v) is 2.04. The molecule has 1 aromatic carbocycles. The van der Waals surface area contributed by atoms with Crippen LogP contribution in [0.25, 0.3) is 0 Å². The molecule has 0 amide bonds. The Morgan fingerprint density at radius 1 is 1.44 bits per heavy atom. The van der Waals surface area contributed by atoms with Crippen LogP contribution >= 0.6 is 15.9 Å². The normalized spacial score (nSPS) is 10.6. The van der Waals surface area contributed by atoms with Gasteiger partial charge in [0.2, 0.25) is 0 Å². The van der Waals surface area contributed by atoms with E-state index in [2.05, 4.69) is 25.4 Å². The highest BCUT2D eigenvalue weighted by Crippen LogP contribution is 2.28. The highest BCUT2D eigenvalue weighted by molar-refractivity contribution is 9.08. The number of methoxy groups -OCH3 is 1. The summed E-state index contributed by atoms with van der Waals surface area (Å²) in [6.07, 6.45) is -0.214. The summed E-state index contributed by atoms with van der Waals surface area (Å²) in [5, 5.41) is 0.154. The predicted octanol–water partition coefficient (Wildman–Crippen LogP) is 3.04. The Morgan fingerprint density at radius 2 is 2.11 bits per heavy atom. The third kappa shape index (κ3) is 3.90. The molecule has 7 heteroatoms. The van der Waals surface area contributed by atoms with Crippen LogP contribution < -0.4 is 4.74 Å². The number of alkyl halides is 3. The van der Waals surface area contributed by atoms with E-state index in [9.17, 15) is 18.0 Å². The molecule has 0 aromatic heterocycles. The minimum atomic E-state index is -3.06. The first kappa shape index (κ1) is 14.8. The second-order valence-corrected chi connectivity index (χ2v) is 3.87. The molecule has 0 unspecified atom stereocenters. The number of benzene rings is 1. The Hall–Kier alpha value is -1.24. The highest BCUT2D eigenvalue weighted by Gasteiger charge is 2.17. The molecule has 18 heavy (non-hydrogen) atoms. The molecule has 0 N–H and O–H groups in total. The van der Waals surface area contributed by atoms with Crippen LogP contribution in [0.5, 0.6) is 5.75 Å². The molecule has 1 rings (SSSR count). The van der Waals surface area contributed by atoms with Gasteiger partial charge in [0, 0.05) is 17.0 Å². The highest BCUT2D eigenvalue weighted by atomic mass is 79.9. The number of ether oxygens (including phenoxy) is 2. The van der Waals surface area contributed by atoms with Crippen molar-refractivity contribution < 1.29 is 27.4 Å². The SMILES string of the molecule is COC(=O)Cc1cc(F)cc(OC(F)F)c1CBr. The topological polar surface area (TPSA) is 35.5 Å². The Bertz CT molecular complexity index is 438. The fraction of sp³-hybridized carbons (Fsp3) is 0.364. The molecule has 0 bridgehead atoms. The lowest BCUT2D eigenvalue weighted by Gasteiger charge is -2.13. The van der Waals surface area contributed by atoms with Crippen LogP contribution in [0.3, 0.4) is 0 Å². The summed E-state index contributed by atoms with van der Waals surface area (Å²) in [6.45, 7) is -3.06. The van der Waals surface area contributed by atoms with Gasteiger partial charge in [0.1, 0.15) is 11.6 Å². The lowest BCUT2D eigenvalue weighted by molar-refractivity contribution is -0.139. The molecule has 0 spiro atoms. The number of hydrogen-bond donors (Lipinski definition) is 0. The third-order valence-corrected chi connectivity index (χ3v) is 2.74. The molecular weight excluding hydrogens is 317 g/mol. The molecule has 0 radical (unpaired) electrons. The van der Waals surface area contributed by atoms with Crippen molar-refractivity contribution in [3.63, 3.8) is 0 Å². The zero-order valence-corrected chi connectivity index (χ0v) is 11.0. The molecule has 0 atom stereocenters. The molecule has 0 heterocycles. The number of carbonyl (C=O) groups excluding carboxylic acids is 1. The molecule has 0 fully saturated rings. The van der Waals surface area contributed by atoms with Gasteiger partial charge >= 0.3 is 12.6 Å². The number of hydrogen-bond acceptors (Lipinski definition) is 3. The summed E-state index contributed by atoms with van der Waals surface area (Å²) in [4.78, 5) is 11.1. The maximum absolute atomic E-state index is 13.3. The Labute approximate surface area is 110 Å². The monoisotopic (exact) mass is 326 g/mol. The molecule has 0 saturated carbocycles. The van der Waals surface area contributed by atoms with Gasteiger partial charge in [-0.25, -0.2) is 4.39 Å². The molecule has 0 saturated heterocycles. The summed E-state index contributed by atoms with van der Waals surface area (Å²) >= 11 is 3.09. The molecule has 0 aliphatic carbocycles. The Balaban J connectivity index is 3.15. The van der Waals surface area contributed by atoms with Gasteiger partial charge in [0.05, 0.1) is 13.5 Å². The fourth-order valence-electron chi connectivity index (χ4n) is 1.40. The zero-order valence-electron chi connectivity index (χ0n) is 9.38. The molecule has 3 nitrogen and oxygen atoms in total. The lowest BCUT2D eigenvalue weighted by atomic mass is 10.0. The third-order valence-electron chi connectivity index (χ3n) is 2.18. The van der Waals surface area contributed by atoms with E-state index in [1.54, 1.807) is 0 Å². The maximum Gasteiger partial charge on any atom is 0.387 e. The smallest absolute Gasteiger partial charge is 0.387 e. The summed E-state index contributed by atoms with van der Waals surface area (Å²) in [5.74, 6) is -1.64. The molecule has 0 aliphatic rings. The van der Waals surface area contributed by atoms with E-state index in [1.807, 2.05) is 0 Å². The average Bonchev–Trinajstić information content (AvgIpc) is 2.27. The van der Waals surface area contributed by atoms with Gasteiger partial charge < -0.3 is 9.47 Å². The lowest BCUT2D eigenvalue weighted by Crippen LogP contribution is -2.10. The number of rotatable bonds is 5. The molecule has 1 aromatic rings. The van der Waals surface area contributed by atoms with E-state index in [0.717, 1.165) is 12.1 Å². The largest absolute Gasteiger partial charge is 0.469 e. The van der Waals surface area contributed by atoms with E-state index in [4.69, 9.17) is 0 Å². The predicted molar refractivity (Wildman–Crippen MR) is 61.4 cm³/mol. The van der Waals surface area contributed by atoms with E-state index in [0.29, 0.717) is 5.56 Å². The van der Waals surface area contributed by atoms with Crippen LogP contribution in [0.15, 0.2) is 12.1 Å². The van der Waals surface area contributed by atoms with Gasteiger partial charge in [0.25, 0.3) is 0 Å². The second kappa shape index (κ2) is 6.63. The first-order chi connectivity index (χ1) is 8.47. The first-order valence-electron chi connectivity index (χ1n) is 4.86. The van der Waals surface area contributed by atoms with Gasteiger partial charge in [-0.2, -0.15) is 8.78 Å². The van der Waals surface area contributed by atoms with Gasteiger partial charge in [0.15, 0.2) is 0 Å². The van der Waals surface area contributed by atoms with E-state index >= 15 is 0 Å². The summed E-state index contributed by atoms with van der Waals surface area (Å²) in [7, 11) is 1.19. The van der Waals surface area contributed by atoms with Crippen molar-refractivity contribution in [3.05, 3.63) is 29.1 Å². The summed E-state index contributed by atoms with van der Waals surface area (Å²) in [5.41, 5.74) is 0.538. The second-order valence-electron chi connectivity index (χ2n) is 3.31. The van der Waals surface area contributed by atoms with Crippen LogP contribution in [0.2, 0.25) is 0 Å². The van der Waals surface area contributed by atoms with Crippen LogP contribution in [-0.2, 0) is 21.3 Å². The van der Waals surface area contributed by atoms with Crippen molar-refractivity contribution in [1.29, 1.82) is 0 Å². The quantitative estimate of drug-likeness (QED) is 0.616. The Kier molecular flexibility index (Phi) is 5.46. The van der Waals surface area contributed by atoms with E-state index < -0.39 is 18.4 Å². The van der Waals surface area contributed by atoms with E-state index in [-0.39, 0.29) is 23.1 Å². The van der Waals surface area contributed by atoms with Crippen molar-refractivity contribution in [2.75, 3.05) is 7.11 Å². The van der Waals surface area contributed by atoms with E-state index in [1.165, 1.54) is 7.11 Å². The van der Waals surface area contributed by atoms with Gasteiger partial charge in [-0.3, -0.25) is 4.79 Å². The summed E-state index contributed by atoms with van der Waals surface area (Å²) < 4.78 is 46.3.